The van der Waals surface area contributed by atoms with E-state index >= 15 is 0 Å². The number of methoxy groups -OCH3 is 1. The van der Waals surface area contributed by atoms with Gasteiger partial charge >= 0.3 is 0 Å². The van der Waals surface area contributed by atoms with E-state index in [2.05, 4.69) is 14.9 Å². The first-order chi connectivity index (χ1) is 11.5. The molecule has 1 aromatic carbocycles. The van der Waals surface area contributed by atoms with Crippen LogP contribution in [0.2, 0.25) is 0 Å². The fraction of sp³-hybridized carbons (Fsp3) is 0.125. The summed E-state index contributed by atoms with van der Waals surface area (Å²) in [7, 11) is -2.44. The summed E-state index contributed by atoms with van der Waals surface area (Å²) in [5.41, 5.74) is 1.65. The fourth-order valence-corrected chi connectivity index (χ4v) is 3.41. The van der Waals surface area contributed by atoms with Gasteiger partial charge in [0.1, 0.15) is 10.6 Å². The van der Waals surface area contributed by atoms with Gasteiger partial charge < -0.3 is 9.26 Å². The highest BCUT2D eigenvalue weighted by atomic mass is 32.2. The van der Waals surface area contributed by atoms with Gasteiger partial charge in [0.15, 0.2) is 5.76 Å². The Morgan fingerprint density at radius 3 is 2.67 bits per heavy atom. The molecule has 7 nitrogen and oxygen atoms in total. The summed E-state index contributed by atoms with van der Waals surface area (Å²) in [4.78, 5) is 3.89. The van der Waals surface area contributed by atoms with E-state index in [1.807, 2.05) is 0 Å². The third-order valence-electron chi connectivity index (χ3n) is 3.28. The number of aryl methyl sites for hydroxylation is 1. The molecule has 0 saturated carbocycles. The number of rotatable bonds is 5. The SMILES string of the molecule is COc1ccc(-c2cc(C)no2)cc1S(=O)(=O)Nc1cccnc1. The van der Waals surface area contributed by atoms with Gasteiger partial charge in [0, 0.05) is 17.8 Å². The number of aromatic nitrogens is 2. The Balaban J connectivity index is 2.04. The second kappa shape index (κ2) is 6.32. The van der Waals surface area contributed by atoms with Crippen LogP contribution in [-0.2, 0) is 10.0 Å². The van der Waals surface area contributed by atoms with Crippen LogP contribution < -0.4 is 9.46 Å². The van der Waals surface area contributed by atoms with E-state index < -0.39 is 10.0 Å². The summed E-state index contributed by atoms with van der Waals surface area (Å²) in [6.45, 7) is 1.79. The molecule has 0 saturated heterocycles. The average molecular weight is 345 g/mol. The van der Waals surface area contributed by atoms with Gasteiger partial charge in [-0.3, -0.25) is 9.71 Å². The number of ether oxygens (including phenoxy) is 1. The Bertz CT molecular complexity index is 952. The van der Waals surface area contributed by atoms with E-state index in [0.717, 1.165) is 0 Å². The van der Waals surface area contributed by atoms with Crippen LogP contribution in [0.25, 0.3) is 11.3 Å². The van der Waals surface area contributed by atoms with Gasteiger partial charge in [-0.2, -0.15) is 0 Å². The van der Waals surface area contributed by atoms with E-state index in [1.165, 1.54) is 19.4 Å². The summed E-state index contributed by atoms with van der Waals surface area (Å²) < 4.78 is 38.3. The summed E-state index contributed by atoms with van der Waals surface area (Å²) >= 11 is 0. The van der Waals surface area contributed by atoms with Gasteiger partial charge in [-0.15, -0.1) is 0 Å². The van der Waals surface area contributed by atoms with Crippen LogP contribution in [0.1, 0.15) is 5.69 Å². The maximum Gasteiger partial charge on any atom is 0.265 e. The van der Waals surface area contributed by atoms with Crippen LogP contribution >= 0.6 is 0 Å². The molecule has 0 bridgehead atoms. The highest BCUT2D eigenvalue weighted by Gasteiger charge is 2.21. The van der Waals surface area contributed by atoms with Crippen molar-refractivity contribution in [2.75, 3.05) is 11.8 Å². The van der Waals surface area contributed by atoms with Crippen LogP contribution in [0.3, 0.4) is 0 Å². The van der Waals surface area contributed by atoms with Gasteiger partial charge in [-0.1, -0.05) is 5.16 Å². The maximum absolute atomic E-state index is 12.7. The van der Waals surface area contributed by atoms with Crippen molar-refractivity contribution in [3.63, 3.8) is 0 Å². The van der Waals surface area contributed by atoms with Gasteiger partial charge in [0.05, 0.1) is 24.7 Å². The lowest BCUT2D eigenvalue weighted by Crippen LogP contribution is -2.14. The Kier molecular flexibility index (Phi) is 4.22. The van der Waals surface area contributed by atoms with Crippen LogP contribution in [0, 0.1) is 6.92 Å². The second-order valence-corrected chi connectivity index (χ2v) is 6.70. The van der Waals surface area contributed by atoms with E-state index in [0.29, 0.717) is 22.7 Å². The maximum atomic E-state index is 12.7. The fourth-order valence-electron chi connectivity index (χ4n) is 2.17. The largest absolute Gasteiger partial charge is 0.495 e. The van der Waals surface area contributed by atoms with Crippen molar-refractivity contribution in [2.24, 2.45) is 0 Å². The van der Waals surface area contributed by atoms with E-state index in [-0.39, 0.29) is 10.6 Å². The third-order valence-corrected chi connectivity index (χ3v) is 4.68. The molecule has 0 unspecified atom stereocenters. The molecule has 0 amide bonds. The molecular weight excluding hydrogens is 330 g/mol. The molecule has 0 atom stereocenters. The quantitative estimate of drug-likeness (QED) is 0.764. The van der Waals surface area contributed by atoms with Crippen LogP contribution in [0.15, 0.2) is 58.2 Å². The van der Waals surface area contributed by atoms with Crippen LogP contribution in [-0.4, -0.2) is 25.7 Å². The minimum absolute atomic E-state index is 0.000376. The standard InChI is InChI=1S/C16H15N3O4S/c1-11-8-15(23-18-11)12-5-6-14(22-2)16(9-12)24(20,21)19-13-4-3-7-17-10-13/h3-10,19H,1-2H3. The molecule has 0 fully saturated rings. The minimum atomic E-state index is -3.86. The highest BCUT2D eigenvalue weighted by molar-refractivity contribution is 7.92. The van der Waals surface area contributed by atoms with Gasteiger partial charge in [0.2, 0.25) is 0 Å². The molecule has 24 heavy (non-hydrogen) atoms. The first-order valence-electron chi connectivity index (χ1n) is 7.04. The number of hydrogen-bond acceptors (Lipinski definition) is 6. The smallest absolute Gasteiger partial charge is 0.265 e. The third kappa shape index (κ3) is 3.23. The van der Waals surface area contributed by atoms with Gasteiger partial charge in [0.25, 0.3) is 10.0 Å². The van der Waals surface area contributed by atoms with Crippen molar-refractivity contribution >= 4 is 15.7 Å². The normalized spacial score (nSPS) is 11.2. The molecule has 2 heterocycles. The van der Waals surface area contributed by atoms with Gasteiger partial charge in [-0.05, 0) is 37.3 Å². The van der Waals surface area contributed by atoms with Crippen molar-refractivity contribution in [2.45, 2.75) is 11.8 Å². The molecule has 0 radical (unpaired) electrons. The predicted molar refractivity (Wildman–Crippen MR) is 88.3 cm³/mol. The Morgan fingerprint density at radius 1 is 1.21 bits per heavy atom. The number of pyridine rings is 1. The average Bonchev–Trinajstić information content (AvgIpc) is 3.01. The number of benzene rings is 1. The minimum Gasteiger partial charge on any atom is -0.495 e. The number of nitrogens with one attached hydrogen (secondary N) is 1. The van der Waals surface area contributed by atoms with Crippen LogP contribution in [0.4, 0.5) is 5.69 Å². The lowest BCUT2D eigenvalue weighted by molar-refractivity contribution is 0.402. The lowest BCUT2D eigenvalue weighted by atomic mass is 10.1. The topological polar surface area (TPSA) is 94.3 Å². The molecule has 0 spiro atoms. The number of nitrogens with zero attached hydrogens (tertiary/aromatic N) is 2. The predicted octanol–water partition coefficient (Wildman–Crippen LogP) is 2.85. The van der Waals surface area contributed by atoms with E-state index in [4.69, 9.17) is 9.26 Å². The van der Waals surface area contributed by atoms with E-state index in [9.17, 15) is 8.42 Å². The molecule has 0 aliphatic carbocycles. The number of hydrogen-bond donors (Lipinski definition) is 1. The molecule has 1 N–H and O–H groups in total. The van der Waals surface area contributed by atoms with Crippen molar-refractivity contribution in [1.82, 2.24) is 10.1 Å². The van der Waals surface area contributed by atoms with Crippen molar-refractivity contribution in [3.8, 4) is 17.1 Å². The molecule has 3 rings (SSSR count). The molecule has 0 aliphatic rings. The summed E-state index contributed by atoms with van der Waals surface area (Å²) in [6.07, 6.45) is 2.99. The van der Waals surface area contributed by atoms with E-state index in [1.54, 1.807) is 43.5 Å². The summed E-state index contributed by atoms with van der Waals surface area (Å²) in [5.74, 6) is 0.708. The zero-order chi connectivity index (χ0) is 17.2. The first-order valence-corrected chi connectivity index (χ1v) is 8.52. The van der Waals surface area contributed by atoms with Crippen molar-refractivity contribution in [1.29, 1.82) is 0 Å². The molecule has 8 heteroatoms. The van der Waals surface area contributed by atoms with Gasteiger partial charge in [-0.25, -0.2) is 8.42 Å². The highest BCUT2D eigenvalue weighted by Crippen LogP contribution is 2.31. The Morgan fingerprint density at radius 2 is 2.04 bits per heavy atom. The molecular formula is C16H15N3O4S. The molecule has 124 valence electrons. The van der Waals surface area contributed by atoms with Crippen LogP contribution in [0.5, 0.6) is 5.75 Å². The monoisotopic (exact) mass is 345 g/mol. The lowest BCUT2D eigenvalue weighted by Gasteiger charge is -2.12. The molecule has 2 aromatic heterocycles. The zero-order valence-corrected chi connectivity index (χ0v) is 13.9. The first kappa shape index (κ1) is 16.0. The summed E-state index contributed by atoms with van der Waals surface area (Å²) in [5, 5.41) is 3.82. The van der Waals surface area contributed by atoms with Crippen molar-refractivity contribution < 1.29 is 17.7 Å². The molecule has 3 aromatic rings. The molecule has 0 aliphatic heterocycles. The Labute approximate surface area is 139 Å². The second-order valence-electron chi connectivity index (χ2n) is 5.05. The zero-order valence-electron chi connectivity index (χ0n) is 13.1. The van der Waals surface area contributed by atoms with Crippen molar-refractivity contribution in [3.05, 3.63) is 54.5 Å². The Hall–Kier alpha value is -2.87. The number of anilines is 1. The summed E-state index contributed by atoms with van der Waals surface area (Å²) in [6, 6.07) is 9.75. The number of sulfonamides is 1.